The van der Waals surface area contributed by atoms with Crippen LogP contribution in [0.5, 0.6) is 0 Å². The second-order valence-corrected chi connectivity index (χ2v) is 9.42. The third-order valence-corrected chi connectivity index (χ3v) is 7.76. The Balaban J connectivity index is 1.28. The van der Waals surface area contributed by atoms with Gasteiger partial charge in [-0.1, -0.05) is 31.1 Å². The number of rotatable bonds is 3. The van der Waals surface area contributed by atoms with Gasteiger partial charge in [-0.25, -0.2) is 8.78 Å². The quantitative estimate of drug-likeness (QED) is 0.284. The zero-order valence-corrected chi connectivity index (χ0v) is 17.7. The molecule has 4 heteroatoms. The van der Waals surface area contributed by atoms with Gasteiger partial charge in [-0.15, -0.1) is 0 Å². The fourth-order valence-electron chi connectivity index (χ4n) is 5.71. The fraction of sp³-hybridized carbons (Fsp3) is 0.640. The molecule has 0 N–H and O–H groups in total. The summed E-state index contributed by atoms with van der Waals surface area (Å²) in [7, 11) is 0. The van der Waals surface area contributed by atoms with E-state index in [4.69, 9.17) is 0 Å². The van der Waals surface area contributed by atoms with Crippen LogP contribution < -0.4 is 0 Å². The standard InChI is InChI=1S/C25H29F2NS/c26-23-14-18(15-24(27)25(23)28-16-29)5-4-17-6-8-20(9-7-17)22-12-10-21(11-13-22)19-2-1-3-19/h14-15,17,19-22H,1-3,6-13H2. The summed E-state index contributed by atoms with van der Waals surface area (Å²) in [6, 6.07) is 2.46. The summed E-state index contributed by atoms with van der Waals surface area (Å²) < 4.78 is 27.9. The van der Waals surface area contributed by atoms with Crippen LogP contribution >= 0.6 is 12.2 Å². The number of benzene rings is 1. The van der Waals surface area contributed by atoms with Gasteiger partial charge in [0.1, 0.15) is 5.69 Å². The summed E-state index contributed by atoms with van der Waals surface area (Å²) in [6.45, 7) is 0. The second-order valence-electron chi connectivity index (χ2n) is 9.24. The molecule has 3 aliphatic carbocycles. The van der Waals surface area contributed by atoms with E-state index in [2.05, 4.69) is 29.1 Å². The Morgan fingerprint density at radius 1 is 0.759 bits per heavy atom. The van der Waals surface area contributed by atoms with Crippen molar-refractivity contribution in [2.75, 3.05) is 0 Å². The highest BCUT2D eigenvalue weighted by Gasteiger charge is 2.34. The summed E-state index contributed by atoms with van der Waals surface area (Å²) >= 11 is 4.43. The van der Waals surface area contributed by atoms with Crippen molar-refractivity contribution in [1.29, 1.82) is 0 Å². The summed E-state index contributed by atoms with van der Waals surface area (Å²) in [5.41, 5.74) is -0.0298. The topological polar surface area (TPSA) is 12.4 Å². The highest BCUT2D eigenvalue weighted by molar-refractivity contribution is 7.78. The number of nitrogens with zero attached hydrogens (tertiary/aromatic N) is 1. The number of hydrogen-bond donors (Lipinski definition) is 0. The Morgan fingerprint density at radius 3 is 1.69 bits per heavy atom. The molecule has 0 radical (unpaired) electrons. The minimum absolute atomic E-state index is 0.336. The monoisotopic (exact) mass is 413 g/mol. The average molecular weight is 414 g/mol. The lowest BCUT2D eigenvalue weighted by Crippen LogP contribution is -2.30. The van der Waals surface area contributed by atoms with Crippen molar-refractivity contribution in [2.45, 2.75) is 70.6 Å². The Bertz CT molecular complexity index is 805. The number of hydrogen-bond acceptors (Lipinski definition) is 2. The largest absolute Gasteiger partial charge is 0.204 e. The second kappa shape index (κ2) is 9.50. The molecule has 29 heavy (non-hydrogen) atoms. The van der Waals surface area contributed by atoms with E-state index in [1.165, 1.54) is 69.9 Å². The smallest absolute Gasteiger partial charge is 0.153 e. The number of halogens is 2. The van der Waals surface area contributed by atoms with Gasteiger partial charge in [-0.3, -0.25) is 0 Å². The van der Waals surface area contributed by atoms with Gasteiger partial charge < -0.3 is 0 Å². The van der Waals surface area contributed by atoms with Crippen LogP contribution in [-0.4, -0.2) is 5.16 Å². The first kappa shape index (κ1) is 20.7. The van der Waals surface area contributed by atoms with Crippen LogP contribution in [0.4, 0.5) is 14.5 Å². The molecule has 154 valence electrons. The predicted octanol–water partition coefficient (Wildman–Crippen LogP) is 7.46. The van der Waals surface area contributed by atoms with Crippen molar-refractivity contribution in [1.82, 2.24) is 0 Å². The summed E-state index contributed by atoms with van der Waals surface area (Å²) in [5.74, 6) is 8.92. The van der Waals surface area contributed by atoms with E-state index >= 15 is 0 Å². The number of aliphatic imine (C=N–C) groups is 1. The van der Waals surface area contributed by atoms with Crippen molar-refractivity contribution in [2.24, 2.45) is 34.6 Å². The van der Waals surface area contributed by atoms with Crippen molar-refractivity contribution in [3.05, 3.63) is 29.3 Å². The van der Waals surface area contributed by atoms with Gasteiger partial charge in [0.2, 0.25) is 0 Å². The highest BCUT2D eigenvalue weighted by atomic mass is 32.1. The lowest BCUT2D eigenvalue weighted by Gasteiger charge is -2.41. The number of thiocarbonyl (C=S) groups is 1. The van der Waals surface area contributed by atoms with E-state index in [1.807, 2.05) is 5.16 Å². The van der Waals surface area contributed by atoms with E-state index in [9.17, 15) is 8.78 Å². The van der Waals surface area contributed by atoms with Crippen LogP contribution in [-0.2, 0) is 0 Å². The lowest BCUT2D eigenvalue weighted by atomic mass is 9.64. The van der Waals surface area contributed by atoms with E-state index < -0.39 is 17.3 Å². The minimum atomic E-state index is -0.743. The van der Waals surface area contributed by atoms with Crippen molar-refractivity contribution >= 4 is 23.1 Å². The molecule has 0 spiro atoms. The maximum atomic E-state index is 13.9. The molecule has 0 saturated heterocycles. The molecule has 3 fully saturated rings. The molecular formula is C25H29F2NS. The van der Waals surface area contributed by atoms with E-state index in [0.29, 0.717) is 11.5 Å². The summed E-state index contributed by atoms with van der Waals surface area (Å²) in [6.07, 6.45) is 14.9. The molecule has 4 rings (SSSR count). The Morgan fingerprint density at radius 2 is 1.24 bits per heavy atom. The third-order valence-electron chi connectivity index (χ3n) is 7.67. The maximum Gasteiger partial charge on any atom is 0.153 e. The SMILES string of the molecule is Fc1cc(C#CC2CCC(C3CCC(C4CCC4)CC3)CC2)cc(F)c1N=C=S. The Labute approximate surface area is 178 Å². The fourth-order valence-corrected chi connectivity index (χ4v) is 5.80. The van der Waals surface area contributed by atoms with Crippen LogP contribution in [0, 0.1) is 53.1 Å². The summed E-state index contributed by atoms with van der Waals surface area (Å²) in [5, 5.41) is 2.01. The van der Waals surface area contributed by atoms with Gasteiger partial charge in [0.25, 0.3) is 0 Å². The first-order valence-electron chi connectivity index (χ1n) is 11.2. The van der Waals surface area contributed by atoms with Crippen LogP contribution in [0.25, 0.3) is 0 Å². The van der Waals surface area contributed by atoms with Gasteiger partial charge in [0.05, 0.1) is 5.16 Å². The first-order valence-corrected chi connectivity index (χ1v) is 11.6. The third kappa shape index (κ3) is 4.96. The van der Waals surface area contributed by atoms with Gasteiger partial charge in [-0.2, -0.15) is 4.99 Å². The van der Waals surface area contributed by atoms with Crippen LogP contribution in [0.2, 0.25) is 0 Å². The van der Waals surface area contributed by atoms with Gasteiger partial charge in [0.15, 0.2) is 11.6 Å². The van der Waals surface area contributed by atoms with E-state index in [-0.39, 0.29) is 0 Å². The van der Waals surface area contributed by atoms with Crippen LogP contribution in [0.15, 0.2) is 17.1 Å². The van der Waals surface area contributed by atoms with Crippen molar-refractivity contribution in [3.63, 3.8) is 0 Å². The number of isothiocyanates is 1. The minimum Gasteiger partial charge on any atom is -0.204 e. The van der Waals surface area contributed by atoms with E-state index in [1.54, 1.807) is 0 Å². The highest BCUT2D eigenvalue weighted by Crippen LogP contribution is 2.46. The van der Waals surface area contributed by atoms with Gasteiger partial charge >= 0.3 is 0 Å². The molecule has 1 nitrogen and oxygen atoms in total. The van der Waals surface area contributed by atoms with Gasteiger partial charge in [0, 0.05) is 11.5 Å². The molecule has 0 heterocycles. The molecular weight excluding hydrogens is 384 g/mol. The Hall–Kier alpha value is -1.56. The molecule has 1 aromatic carbocycles. The van der Waals surface area contributed by atoms with Crippen molar-refractivity contribution in [3.8, 4) is 11.8 Å². The van der Waals surface area contributed by atoms with Crippen LogP contribution in [0.1, 0.15) is 76.2 Å². The molecule has 0 aliphatic heterocycles. The molecule has 0 amide bonds. The van der Waals surface area contributed by atoms with Gasteiger partial charge in [-0.05, 0) is 99.4 Å². The molecule has 0 bridgehead atoms. The summed E-state index contributed by atoms with van der Waals surface area (Å²) in [4.78, 5) is 3.44. The lowest BCUT2D eigenvalue weighted by molar-refractivity contribution is 0.102. The van der Waals surface area contributed by atoms with Crippen molar-refractivity contribution < 1.29 is 8.78 Å². The van der Waals surface area contributed by atoms with E-state index in [0.717, 1.165) is 36.5 Å². The average Bonchev–Trinajstić information content (AvgIpc) is 2.69. The molecule has 3 aliphatic rings. The molecule has 3 saturated carbocycles. The predicted molar refractivity (Wildman–Crippen MR) is 116 cm³/mol. The first-order chi connectivity index (χ1) is 14.1. The zero-order chi connectivity index (χ0) is 20.2. The zero-order valence-electron chi connectivity index (χ0n) is 16.9. The molecule has 0 aromatic heterocycles. The molecule has 1 aromatic rings. The molecule has 0 atom stereocenters. The maximum absolute atomic E-state index is 13.9. The normalized spacial score (nSPS) is 29.9. The molecule has 0 unspecified atom stereocenters. The van der Waals surface area contributed by atoms with Crippen LogP contribution in [0.3, 0.4) is 0 Å². The Kier molecular flexibility index (Phi) is 6.78.